The van der Waals surface area contributed by atoms with Crippen LogP contribution in [0.5, 0.6) is 0 Å². The molecule has 0 aromatic heterocycles. The van der Waals surface area contributed by atoms with Gasteiger partial charge in [0.1, 0.15) is 0 Å². The second kappa shape index (κ2) is 6.07. The summed E-state index contributed by atoms with van der Waals surface area (Å²) in [7, 11) is 0. The molecule has 0 fully saturated rings. The molecule has 0 spiro atoms. The van der Waals surface area contributed by atoms with Gasteiger partial charge in [0.15, 0.2) is 0 Å². The zero-order valence-electron chi connectivity index (χ0n) is 13.1. The molecule has 0 aliphatic carbocycles. The molecule has 0 radical (unpaired) electrons. The van der Waals surface area contributed by atoms with Gasteiger partial charge in [0, 0.05) is 11.6 Å². The van der Waals surface area contributed by atoms with Crippen molar-refractivity contribution in [1.29, 1.82) is 0 Å². The van der Waals surface area contributed by atoms with E-state index in [-0.39, 0.29) is 0 Å². The van der Waals surface area contributed by atoms with E-state index in [1.54, 1.807) is 0 Å². The molecule has 2 N–H and O–H groups in total. The molecule has 22 heavy (non-hydrogen) atoms. The maximum absolute atomic E-state index is 6.18. The van der Waals surface area contributed by atoms with E-state index in [9.17, 15) is 0 Å². The van der Waals surface area contributed by atoms with Crippen molar-refractivity contribution in [3.63, 3.8) is 0 Å². The SMILES string of the molecule is Cc1c(N)ccc(-c2ccccc2)c1C(C)c1ccccc1. The van der Waals surface area contributed by atoms with Gasteiger partial charge in [-0.25, -0.2) is 0 Å². The highest BCUT2D eigenvalue weighted by Crippen LogP contribution is 2.37. The highest BCUT2D eigenvalue weighted by molar-refractivity contribution is 5.74. The number of nitrogen functional groups attached to an aromatic ring is 1. The topological polar surface area (TPSA) is 26.0 Å². The van der Waals surface area contributed by atoms with E-state index in [1.165, 1.54) is 27.8 Å². The first-order chi connectivity index (χ1) is 10.7. The smallest absolute Gasteiger partial charge is 0.0347 e. The fourth-order valence-electron chi connectivity index (χ4n) is 3.08. The summed E-state index contributed by atoms with van der Waals surface area (Å²) >= 11 is 0. The second-order valence-electron chi connectivity index (χ2n) is 5.74. The summed E-state index contributed by atoms with van der Waals surface area (Å²) in [5.74, 6) is 0.305. The molecule has 0 amide bonds. The highest BCUT2D eigenvalue weighted by Gasteiger charge is 2.17. The summed E-state index contributed by atoms with van der Waals surface area (Å²) < 4.78 is 0. The lowest BCUT2D eigenvalue weighted by atomic mass is 9.84. The van der Waals surface area contributed by atoms with Crippen LogP contribution < -0.4 is 5.73 Å². The van der Waals surface area contributed by atoms with Crippen LogP contribution in [0, 0.1) is 6.92 Å². The van der Waals surface area contributed by atoms with Crippen molar-refractivity contribution in [3.05, 3.63) is 89.5 Å². The van der Waals surface area contributed by atoms with E-state index < -0.39 is 0 Å². The number of nitrogens with two attached hydrogens (primary N) is 1. The molecule has 0 bridgehead atoms. The van der Waals surface area contributed by atoms with Gasteiger partial charge in [0.25, 0.3) is 0 Å². The highest BCUT2D eigenvalue weighted by atomic mass is 14.6. The fourth-order valence-corrected chi connectivity index (χ4v) is 3.08. The standard InChI is InChI=1S/C21H21N/c1-15(17-9-5-3-6-10-17)21-16(2)20(22)14-13-19(21)18-11-7-4-8-12-18/h3-15H,22H2,1-2H3. The Morgan fingerprint density at radius 2 is 1.36 bits per heavy atom. The van der Waals surface area contributed by atoms with Gasteiger partial charge < -0.3 is 5.73 Å². The first-order valence-corrected chi connectivity index (χ1v) is 7.68. The lowest BCUT2D eigenvalue weighted by Gasteiger charge is -2.21. The van der Waals surface area contributed by atoms with Crippen LogP contribution in [0.4, 0.5) is 5.69 Å². The summed E-state index contributed by atoms with van der Waals surface area (Å²) in [5, 5.41) is 0. The van der Waals surface area contributed by atoms with Crippen molar-refractivity contribution in [1.82, 2.24) is 0 Å². The van der Waals surface area contributed by atoms with E-state index >= 15 is 0 Å². The number of hydrogen-bond acceptors (Lipinski definition) is 1. The Bertz CT molecular complexity index is 761. The minimum absolute atomic E-state index is 0.305. The summed E-state index contributed by atoms with van der Waals surface area (Å²) in [6.45, 7) is 4.38. The van der Waals surface area contributed by atoms with Gasteiger partial charge in [0.2, 0.25) is 0 Å². The van der Waals surface area contributed by atoms with E-state index in [4.69, 9.17) is 5.73 Å². The molecular formula is C21H21N. The predicted octanol–water partition coefficient (Wildman–Crippen LogP) is 5.40. The van der Waals surface area contributed by atoms with Crippen molar-refractivity contribution in [2.75, 3.05) is 5.73 Å². The van der Waals surface area contributed by atoms with Gasteiger partial charge in [-0.1, -0.05) is 73.7 Å². The van der Waals surface area contributed by atoms with Crippen LogP contribution in [-0.4, -0.2) is 0 Å². The quantitative estimate of drug-likeness (QED) is 0.642. The lowest BCUT2D eigenvalue weighted by molar-refractivity contribution is 0.914. The molecule has 3 aromatic rings. The zero-order valence-corrected chi connectivity index (χ0v) is 13.1. The van der Waals surface area contributed by atoms with Crippen molar-refractivity contribution in [2.24, 2.45) is 0 Å². The Kier molecular flexibility index (Phi) is 3.97. The summed E-state index contributed by atoms with van der Waals surface area (Å²) in [5.41, 5.74) is 13.4. The molecular weight excluding hydrogens is 266 g/mol. The summed E-state index contributed by atoms with van der Waals surface area (Å²) in [6, 6.07) is 25.3. The minimum atomic E-state index is 0.305. The molecule has 0 aliphatic heterocycles. The molecule has 1 unspecified atom stereocenters. The van der Waals surface area contributed by atoms with Gasteiger partial charge in [-0.05, 0) is 40.8 Å². The van der Waals surface area contributed by atoms with E-state index in [0.717, 1.165) is 5.69 Å². The molecule has 0 aliphatic rings. The molecule has 3 rings (SSSR count). The molecule has 3 aromatic carbocycles. The first kappa shape index (κ1) is 14.4. The van der Waals surface area contributed by atoms with Gasteiger partial charge in [-0.2, -0.15) is 0 Å². The number of anilines is 1. The van der Waals surface area contributed by atoms with Gasteiger partial charge >= 0.3 is 0 Å². The van der Waals surface area contributed by atoms with Crippen LogP contribution in [0.3, 0.4) is 0 Å². The maximum atomic E-state index is 6.18. The third-order valence-electron chi connectivity index (χ3n) is 4.37. The Balaban J connectivity index is 2.19. The Morgan fingerprint density at radius 3 is 2.00 bits per heavy atom. The average Bonchev–Trinajstić information content (AvgIpc) is 2.58. The Morgan fingerprint density at radius 1 is 0.773 bits per heavy atom. The van der Waals surface area contributed by atoms with Crippen LogP contribution in [-0.2, 0) is 0 Å². The fraction of sp³-hybridized carbons (Fsp3) is 0.143. The molecule has 110 valence electrons. The molecule has 1 heteroatoms. The zero-order chi connectivity index (χ0) is 15.5. The lowest BCUT2D eigenvalue weighted by Crippen LogP contribution is -2.04. The summed E-state index contributed by atoms with van der Waals surface area (Å²) in [6.07, 6.45) is 0. The maximum Gasteiger partial charge on any atom is 0.0347 e. The van der Waals surface area contributed by atoms with Crippen LogP contribution in [0.25, 0.3) is 11.1 Å². The van der Waals surface area contributed by atoms with Crippen LogP contribution in [0.2, 0.25) is 0 Å². The van der Waals surface area contributed by atoms with Crippen LogP contribution in [0.1, 0.15) is 29.5 Å². The first-order valence-electron chi connectivity index (χ1n) is 7.68. The molecule has 0 saturated heterocycles. The number of benzene rings is 3. The normalized spacial score (nSPS) is 12.1. The number of rotatable bonds is 3. The van der Waals surface area contributed by atoms with Crippen molar-refractivity contribution < 1.29 is 0 Å². The van der Waals surface area contributed by atoms with E-state index in [0.29, 0.717) is 5.92 Å². The van der Waals surface area contributed by atoms with Crippen LogP contribution >= 0.6 is 0 Å². The monoisotopic (exact) mass is 287 g/mol. The van der Waals surface area contributed by atoms with Crippen molar-refractivity contribution in [2.45, 2.75) is 19.8 Å². The predicted molar refractivity (Wildman–Crippen MR) is 95.0 cm³/mol. The van der Waals surface area contributed by atoms with Crippen molar-refractivity contribution >= 4 is 5.69 Å². The third kappa shape index (κ3) is 2.62. The number of hydrogen-bond donors (Lipinski definition) is 1. The van der Waals surface area contributed by atoms with Crippen molar-refractivity contribution in [3.8, 4) is 11.1 Å². The largest absolute Gasteiger partial charge is 0.399 e. The third-order valence-corrected chi connectivity index (χ3v) is 4.37. The molecule has 0 saturated carbocycles. The van der Waals surface area contributed by atoms with Gasteiger partial charge in [-0.3, -0.25) is 0 Å². The van der Waals surface area contributed by atoms with Crippen LogP contribution in [0.15, 0.2) is 72.8 Å². The summed E-state index contributed by atoms with van der Waals surface area (Å²) in [4.78, 5) is 0. The Hall–Kier alpha value is -2.54. The molecule has 1 atom stereocenters. The van der Waals surface area contributed by atoms with E-state index in [1.807, 2.05) is 12.1 Å². The van der Waals surface area contributed by atoms with E-state index in [2.05, 4.69) is 74.5 Å². The van der Waals surface area contributed by atoms with Gasteiger partial charge in [-0.15, -0.1) is 0 Å². The molecule has 0 heterocycles. The minimum Gasteiger partial charge on any atom is -0.399 e. The average molecular weight is 287 g/mol. The second-order valence-corrected chi connectivity index (χ2v) is 5.74. The Labute approximate surface area is 132 Å². The molecule has 1 nitrogen and oxygen atoms in total. The van der Waals surface area contributed by atoms with Gasteiger partial charge in [0.05, 0.1) is 0 Å².